The molecule has 0 spiro atoms. The number of rotatable bonds is 5. The number of halogens is 2. The summed E-state index contributed by atoms with van der Waals surface area (Å²) in [5.74, 6) is -0.463. The zero-order valence-corrected chi connectivity index (χ0v) is 11.8. The Kier molecular flexibility index (Phi) is 4.98. The minimum atomic E-state index is -0.589. The quantitative estimate of drug-likeness (QED) is 0.853. The summed E-state index contributed by atoms with van der Waals surface area (Å²) in [5, 5.41) is -0.161. The predicted molar refractivity (Wildman–Crippen MR) is 77.0 cm³/mol. The lowest BCUT2D eigenvalue weighted by atomic mass is 10.1. The molecule has 0 amide bonds. The van der Waals surface area contributed by atoms with Crippen molar-refractivity contribution >= 4 is 11.8 Å². The number of methoxy groups -OCH3 is 1. The van der Waals surface area contributed by atoms with Crippen molar-refractivity contribution in [1.29, 1.82) is 0 Å². The highest BCUT2D eigenvalue weighted by Crippen LogP contribution is 2.39. The Balaban J connectivity index is 2.29. The zero-order valence-electron chi connectivity index (χ0n) is 11.0. The molecule has 5 heteroatoms. The number of thioether (sulfide) groups is 1. The van der Waals surface area contributed by atoms with E-state index in [2.05, 4.69) is 0 Å². The standard InChI is InChI=1S/C15H15F2NOS/c1-19-13-5-3-2-4-11(13)15(9-18)20-14-7-6-10(16)8-12(14)17/h2-8,15H,9,18H2,1H3. The second-order valence-corrected chi connectivity index (χ2v) is 5.40. The van der Waals surface area contributed by atoms with Gasteiger partial charge in [0, 0.05) is 23.1 Å². The van der Waals surface area contributed by atoms with Gasteiger partial charge in [-0.3, -0.25) is 0 Å². The summed E-state index contributed by atoms with van der Waals surface area (Å²) in [6.07, 6.45) is 0. The van der Waals surface area contributed by atoms with E-state index in [4.69, 9.17) is 10.5 Å². The van der Waals surface area contributed by atoms with Crippen LogP contribution in [0.4, 0.5) is 8.78 Å². The average Bonchev–Trinajstić information content (AvgIpc) is 2.46. The Morgan fingerprint density at radius 3 is 2.60 bits per heavy atom. The van der Waals surface area contributed by atoms with Crippen LogP contribution in [0.15, 0.2) is 47.4 Å². The molecular formula is C15H15F2NOS. The molecule has 106 valence electrons. The fraction of sp³-hybridized carbons (Fsp3) is 0.200. The normalized spacial score (nSPS) is 12.2. The number of hydrogen-bond donors (Lipinski definition) is 1. The van der Waals surface area contributed by atoms with Crippen molar-refractivity contribution in [3.8, 4) is 5.75 Å². The maximum atomic E-state index is 13.7. The van der Waals surface area contributed by atoms with Gasteiger partial charge in [-0.15, -0.1) is 11.8 Å². The van der Waals surface area contributed by atoms with E-state index in [1.807, 2.05) is 24.3 Å². The van der Waals surface area contributed by atoms with Crippen LogP contribution in [0.3, 0.4) is 0 Å². The molecule has 2 aromatic rings. The van der Waals surface area contributed by atoms with Crippen LogP contribution >= 0.6 is 11.8 Å². The lowest BCUT2D eigenvalue weighted by molar-refractivity contribution is 0.409. The van der Waals surface area contributed by atoms with Gasteiger partial charge in [-0.2, -0.15) is 0 Å². The molecule has 1 unspecified atom stereocenters. The van der Waals surface area contributed by atoms with Crippen molar-refractivity contribution in [1.82, 2.24) is 0 Å². The van der Waals surface area contributed by atoms with Crippen LogP contribution in [0.1, 0.15) is 10.8 Å². The monoisotopic (exact) mass is 295 g/mol. The summed E-state index contributed by atoms with van der Waals surface area (Å²) >= 11 is 1.26. The van der Waals surface area contributed by atoms with Crippen molar-refractivity contribution in [3.63, 3.8) is 0 Å². The van der Waals surface area contributed by atoms with Gasteiger partial charge < -0.3 is 10.5 Å². The minimum Gasteiger partial charge on any atom is -0.496 e. The third-order valence-corrected chi connectivity index (χ3v) is 4.18. The summed E-state index contributed by atoms with van der Waals surface area (Å²) in [6.45, 7) is 0.321. The van der Waals surface area contributed by atoms with Gasteiger partial charge in [-0.25, -0.2) is 8.78 Å². The molecule has 2 rings (SSSR count). The molecule has 2 N–H and O–H groups in total. The van der Waals surface area contributed by atoms with Crippen LogP contribution in [-0.4, -0.2) is 13.7 Å². The van der Waals surface area contributed by atoms with E-state index < -0.39 is 11.6 Å². The zero-order chi connectivity index (χ0) is 14.5. The van der Waals surface area contributed by atoms with E-state index in [1.54, 1.807) is 7.11 Å². The van der Waals surface area contributed by atoms with Crippen LogP contribution in [-0.2, 0) is 0 Å². The van der Waals surface area contributed by atoms with Gasteiger partial charge in [0.1, 0.15) is 17.4 Å². The van der Waals surface area contributed by atoms with E-state index in [9.17, 15) is 8.78 Å². The van der Waals surface area contributed by atoms with E-state index in [0.717, 1.165) is 11.6 Å². The van der Waals surface area contributed by atoms with Crippen molar-refractivity contribution in [2.75, 3.05) is 13.7 Å². The third kappa shape index (κ3) is 3.29. The van der Waals surface area contributed by atoms with Gasteiger partial charge in [0.25, 0.3) is 0 Å². The predicted octanol–water partition coefficient (Wildman–Crippen LogP) is 3.77. The van der Waals surface area contributed by atoms with Crippen LogP contribution < -0.4 is 10.5 Å². The lowest BCUT2D eigenvalue weighted by Crippen LogP contribution is -2.10. The first kappa shape index (κ1) is 14.8. The van der Waals surface area contributed by atoms with Crippen molar-refractivity contribution < 1.29 is 13.5 Å². The molecule has 0 heterocycles. The molecule has 0 aromatic heterocycles. The third-order valence-electron chi connectivity index (χ3n) is 2.86. The molecule has 0 radical (unpaired) electrons. The smallest absolute Gasteiger partial charge is 0.139 e. The van der Waals surface area contributed by atoms with Gasteiger partial charge in [0.15, 0.2) is 0 Å². The Morgan fingerprint density at radius 2 is 1.95 bits per heavy atom. The van der Waals surface area contributed by atoms with Gasteiger partial charge >= 0.3 is 0 Å². The van der Waals surface area contributed by atoms with Gasteiger partial charge in [0.05, 0.1) is 12.4 Å². The first-order chi connectivity index (χ1) is 9.65. The minimum absolute atomic E-state index is 0.161. The highest BCUT2D eigenvalue weighted by Gasteiger charge is 2.17. The Bertz CT molecular complexity index is 592. The van der Waals surface area contributed by atoms with Crippen LogP contribution in [0.25, 0.3) is 0 Å². The molecule has 1 atom stereocenters. The summed E-state index contributed by atoms with van der Waals surface area (Å²) in [4.78, 5) is 0.368. The maximum Gasteiger partial charge on any atom is 0.139 e. The van der Waals surface area contributed by atoms with Crippen LogP contribution in [0.5, 0.6) is 5.75 Å². The van der Waals surface area contributed by atoms with Crippen molar-refractivity contribution in [3.05, 3.63) is 59.7 Å². The van der Waals surface area contributed by atoms with E-state index in [1.165, 1.54) is 23.9 Å². The first-order valence-corrected chi connectivity index (χ1v) is 6.98. The first-order valence-electron chi connectivity index (χ1n) is 6.10. The Morgan fingerprint density at radius 1 is 1.20 bits per heavy atom. The second-order valence-electron chi connectivity index (χ2n) is 4.16. The number of hydrogen-bond acceptors (Lipinski definition) is 3. The van der Waals surface area contributed by atoms with E-state index in [-0.39, 0.29) is 5.25 Å². The summed E-state index contributed by atoms with van der Waals surface area (Å²) in [5.41, 5.74) is 6.68. The molecular weight excluding hydrogens is 280 g/mol. The fourth-order valence-electron chi connectivity index (χ4n) is 1.90. The van der Waals surface area contributed by atoms with Gasteiger partial charge in [0.2, 0.25) is 0 Å². The maximum absolute atomic E-state index is 13.7. The molecule has 0 aliphatic rings. The molecule has 0 aliphatic carbocycles. The van der Waals surface area contributed by atoms with Gasteiger partial charge in [-0.05, 0) is 18.2 Å². The summed E-state index contributed by atoms with van der Waals surface area (Å²) in [7, 11) is 1.58. The fourth-order valence-corrected chi connectivity index (χ4v) is 2.94. The molecule has 20 heavy (non-hydrogen) atoms. The van der Waals surface area contributed by atoms with E-state index in [0.29, 0.717) is 17.2 Å². The van der Waals surface area contributed by atoms with E-state index >= 15 is 0 Å². The number of para-hydroxylation sites is 1. The van der Waals surface area contributed by atoms with Gasteiger partial charge in [-0.1, -0.05) is 18.2 Å². The molecule has 0 bridgehead atoms. The molecule has 0 saturated heterocycles. The average molecular weight is 295 g/mol. The molecule has 0 saturated carbocycles. The highest BCUT2D eigenvalue weighted by molar-refractivity contribution is 7.99. The largest absolute Gasteiger partial charge is 0.496 e. The van der Waals surface area contributed by atoms with Crippen molar-refractivity contribution in [2.24, 2.45) is 5.73 Å². The van der Waals surface area contributed by atoms with Crippen LogP contribution in [0, 0.1) is 11.6 Å². The molecule has 0 fully saturated rings. The molecule has 2 nitrogen and oxygen atoms in total. The van der Waals surface area contributed by atoms with Crippen molar-refractivity contribution in [2.45, 2.75) is 10.1 Å². The lowest BCUT2D eigenvalue weighted by Gasteiger charge is -2.18. The van der Waals surface area contributed by atoms with Crippen LogP contribution in [0.2, 0.25) is 0 Å². The highest BCUT2D eigenvalue weighted by atomic mass is 32.2. The summed E-state index contributed by atoms with van der Waals surface area (Å²) < 4.78 is 31.9. The number of ether oxygens (including phenoxy) is 1. The Labute approximate surface area is 120 Å². The Hall–Kier alpha value is -1.59. The SMILES string of the molecule is COc1ccccc1C(CN)Sc1ccc(F)cc1F. The number of benzene rings is 2. The summed E-state index contributed by atoms with van der Waals surface area (Å²) in [6, 6.07) is 11.0. The number of nitrogens with two attached hydrogens (primary N) is 1. The topological polar surface area (TPSA) is 35.2 Å². The molecule has 0 aliphatic heterocycles. The molecule has 2 aromatic carbocycles. The second kappa shape index (κ2) is 6.72.